The van der Waals surface area contributed by atoms with Gasteiger partial charge in [0.25, 0.3) is 0 Å². The van der Waals surface area contributed by atoms with Crippen molar-refractivity contribution in [1.82, 2.24) is 24.7 Å². The fourth-order valence-corrected chi connectivity index (χ4v) is 3.12. The zero-order valence-corrected chi connectivity index (χ0v) is 20.0. The maximum atomic E-state index is 14.1. The molecule has 0 aliphatic carbocycles. The third kappa shape index (κ3) is 6.97. The molecule has 0 unspecified atom stereocenters. The first-order valence-corrected chi connectivity index (χ1v) is 10.7. The SMILES string of the molecule is COC(=O)Nc1c(N)nc(-c2nn(Cc3ccccc3F)c3ncc(F)cc23)nc1N.O=C(O)/C=C\C(=O)O. The normalized spacial score (nSPS) is 10.6. The minimum atomic E-state index is -1.26. The van der Waals surface area contributed by atoms with Crippen LogP contribution in [0.25, 0.3) is 22.6 Å². The van der Waals surface area contributed by atoms with E-state index in [4.69, 9.17) is 21.7 Å². The van der Waals surface area contributed by atoms with E-state index in [-0.39, 0.29) is 46.4 Å². The molecule has 0 spiro atoms. The number of benzene rings is 1. The number of aromatic nitrogens is 5. The summed E-state index contributed by atoms with van der Waals surface area (Å²) in [5, 5.41) is 22.6. The lowest BCUT2D eigenvalue weighted by Crippen LogP contribution is -2.16. The van der Waals surface area contributed by atoms with Crippen LogP contribution in [0.2, 0.25) is 0 Å². The number of ether oxygens (including phenoxy) is 1. The van der Waals surface area contributed by atoms with Crippen LogP contribution in [0.3, 0.4) is 0 Å². The molecule has 0 aliphatic heterocycles. The lowest BCUT2D eigenvalue weighted by atomic mass is 10.2. The topological polar surface area (TPSA) is 221 Å². The summed E-state index contributed by atoms with van der Waals surface area (Å²) >= 11 is 0. The van der Waals surface area contributed by atoms with Gasteiger partial charge in [0.05, 0.1) is 25.2 Å². The van der Waals surface area contributed by atoms with Gasteiger partial charge < -0.3 is 26.4 Å². The lowest BCUT2D eigenvalue weighted by Gasteiger charge is -2.10. The molecule has 0 aliphatic rings. The van der Waals surface area contributed by atoms with Crippen molar-refractivity contribution in [3.63, 3.8) is 0 Å². The summed E-state index contributed by atoms with van der Waals surface area (Å²) in [5.74, 6) is -3.85. The number of carbonyl (C=O) groups excluding carboxylic acids is 1. The third-order valence-electron chi connectivity index (χ3n) is 4.79. The summed E-state index contributed by atoms with van der Waals surface area (Å²) in [6.45, 7) is 0.0365. The maximum Gasteiger partial charge on any atom is 0.411 e. The summed E-state index contributed by atoms with van der Waals surface area (Å²) in [5.41, 5.74) is 12.6. The Kier molecular flexibility index (Phi) is 8.62. The van der Waals surface area contributed by atoms with E-state index in [9.17, 15) is 23.2 Å². The summed E-state index contributed by atoms with van der Waals surface area (Å²) in [4.78, 5) is 42.9. The van der Waals surface area contributed by atoms with Crippen molar-refractivity contribution in [2.24, 2.45) is 0 Å². The van der Waals surface area contributed by atoms with E-state index < -0.39 is 29.7 Å². The van der Waals surface area contributed by atoms with E-state index in [0.29, 0.717) is 17.7 Å². The zero-order chi connectivity index (χ0) is 28.7. The molecule has 1 aromatic carbocycles. The number of anilines is 3. The van der Waals surface area contributed by atoms with Crippen LogP contribution in [0.4, 0.5) is 30.9 Å². The number of rotatable bonds is 6. The van der Waals surface area contributed by atoms with Gasteiger partial charge in [-0.25, -0.2) is 42.8 Å². The highest BCUT2D eigenvalue weighted by molar-refractivity contribution is 5.94. The number of pyridine rings is 1. The molecule has 7 N–H and O–H groups in total. The maximum absolute atomic E-state index is 14.1. The van der Waals surface area contributed by atoms with Gasteiger partial charge in [-0.1, -0.05) is 18.2 Å². The molecule has 0 atom stereocenters. The van der Waals surface area contributed by atoms with Gasteiger partial charge in [-0.2, -0.15) is 5.10 Å². The Bertz CT molecular complexity index is 1550. The minimum absolute atomic E-state index is 0.0184. The highest BCUT2D eigenvalue weighted by Gasteiger charge is 2.21. The largest absolute Gasteiger partial charge is 0.478 e. The van der Waals surface area contributed by atoms with Gasteiger partial charge in [-0.15, -0.1) is 0 Å². The summed E-state index contributed by atoms with van der Waals surface area (Å²) in [7, 11) is 1.17. The Hall–Kier alpha value is -5.67. The predicted octanol–water partition coefficient (Wildman–Crippen LogP) is 2.27. The number of nitrogens with zero attached hydrogens (tertiary/aromatic N) is 5. The standard InChI is InChI=1S/C19H16F2N8O2.C4H4O4/c1-31-19(30)25-14-15(22)26-17(27-16(14)23)13-11-6-10(20)7-24-18(11)29(28-13)8-9-4-2-3-5-12(9)21;5-3(6)1-2-4(7)8/h2-7H,8H2,1H3,(H,25,30)(H4,22,23,26,27);1-2H,(H,5,6)(H,7,8)/b;2-1-. The van der Waals surface area contributed by atoms with Gasteiger partial charge in [0, 0.05) is 17.7 Å². The molecule has 0 radical (unpaired) electrons. The Labute approximate surface area is 217 Å². The van der Waals surface area contributed by atoms with Crippen LogP contribution in [0.1, 0.15) is 5.56 Å². The van der Waals surface area contributed by atoms with Crippen molar-refractivity contribution >= 4 is 46.4 Å². The van der Waals surface area contributed by atoms with E-state index in [1.165, 1.54) is 23.9 Å². The van der Waals surface area contributed by atoms with Gasteiger partial charge in [-0.3, -0.25) is 5.32 Å². The second kappa shape index (κ2) is 12.0. The molecule has 4 rings (SSSR count). The molecule has 1 amide bonds. The first-order valence-electron chi connectivity index (χ1n) is 10.7. The summed E-state index contributed by atoms with van der Waals surface area (Å²) in [6, 6.07) is 7.40. The van der Waals surface area contributed by atoms with Gasteiger partial charge in [0.15, 0.2) is 23.1 Å². The van der Waals surface area contributed by atoms with Crippen molar-refractivity contribution in [3.05, 3.63) is 65.9 Å². The molecule has 202 valence electrons. The lowest BCUT2D eigenvalue weighted by molar-refractivity contribution is -0.134. The Balaban J connectivity index is 0.000000459. The summed E-state index contributed by atoms with van der Waals surface area (Å²) in [6.07, 6.45) is 1.34. The number of carboxylic acid groups (broad SMARTS) is 2. The van der Waals surface area contributed by atoms with Crippen LogP contribution >= 0.6 is 0 Å². The first-order chi connectivity index (χ1) is 18.5. The second-order valence-electron chi connectivity index (χ2n) is 7.44. The Morgan fingerprint density at radius 1 is 1.08 bits per heavy atom. The van der Waals surface area contributed by atoms with E-state index in [1.807, 2.05) is 0 Å². The zero-order valence-electron chi connectivity index (χ0n) is 20.0. The fourth-order valence-electron chi connectivity index (χ4n) is 3.12. The van der Waals surface area contributed by atoms with E-state index >= 15 is 0 Å². The van der Waals surface area contributed by atoms with Gasteiger partial charge in [0.1, 0.15) is 23.0 Å². The van der Waals surface area contributed by atoms with E-state index in [2.05, 4.69) is 30.1 Å². The van der Waals surface area contributed by atoms with Crippen LogP contribution in [0, 0.1) is 11.6 Å². The number of nitrogens with two attached hydrogens (primary N) is 2. The van der Waals surface area contributed by atoms with E-state index in [1.54, 1.807) is 18.2 Å². The average Bonchev–Trinajstić information content (AvgIpc) is 3.23. The van der Waals surface area contributed by atoms with E-state index in [0.717, 1.165) is 6.20 Å². The molecule has 14 nitrogen and oxygen atoms in total. The number of nitrogens with one attached hydrogen (secondary N) is 1. The molecular weight excluding hydrogens is 522 g/mol. The molecule has 0 bridgehead atoms. The molecule has 0 saturated carbocycles. The second-order valence-corrected chi connectivity index (χ2v) is 7.44. The fraction of sp³-hybridized carbons (Fsp3) is 0.0870. The van der Waals surface area contributed by atoms with Crippen molar-refractivity contribution in [3.8, 4) is 11.5 Å². The molecule has 0 fully saturated rings. The molecule has 0 saturated heterocycles. The average molecular weight is 542 g/mol. The number of fused-ring (bicyclic) bond motifs is 1. The van der Waals surface area contributed by atoms with Crippen LogP contribution in [0.15, 0.2) is 48.7 Å². The quantitative estimate of drug-likeness (QED) is 0.221. The van der Waals surface area contributed by atoms with Crippen LogP contribution in [-0.4, -0.2) is 60.1 Å². The van der Waals surface area contributed by atoms with Crippen LogP contribution in [-0.2, 0) is 20.9 Å². The Morgan fingerprint density at radius 3 is 2.26 bits per heavy atom. The molecular formula is C23H20F2N8O6. The Morgan fingerprint density at radius 2 is 1.69 bits per heavy atom. The molecule has 3 aromatic heterocycles. The number of halogens is 2. The number of hydrogen-bond donors (Lipinski definition) is 5. The highest BCUT2D eigenvalue weighted by Crippen LogP contribution is 2.30. The summed E-state index contributed by atoms with van der Waals surface area (Å²) < 4.78 is 34.0. The monoisotopic (exact) mass is 542 g/mol. The minimum Gasteiger partial charge on any atom is -0.478 e. The van der Waals surface area contributed by atoms with Gasteiger partial charge in [-0.05, 0) is 12.1 Å². The number of carbonyl (C=O) groups is 3. The number of carboxylic acids is 2. The predicted molar refractivity (Wildman–Crippen MR) is 133 cm³/mol. The van der Waals surface area contributed by atoms with Crippen LogP contribution < -0.4 is 16.8 Å². The molecule has 16 heteroatoms. The number of amides is 1. The number of hydrogen-bond acceptors (Lipinski definition) is 10. The third-order valence-corrected chi connectivity index (χ3v) is 4.79. The first kappa shape index (κ1) is 27.9. The highest BCUT2D eigenvalue weighted by atomic mass is 19.1. The molecule has 3 heterocycles. The van der Waals surface area contributed by atoms with Gasteiger partial charge in [0.2, 0.25) is 0 Å². The van der Waals surface area contributed by atoms with Crippen molar-refractivity contribution < 1.29 is 38.1 Å². The van der Waals surface area contributed by atoms with Crippen LogP contribution in [0.5, 0.6) is 0 Å². The number of aliphatic carboxylic acids is 2. The van der Waals surface area contributed by atoms with Crippen molar-refractivity contribution in [1.29, 1.82) is 0 Å². The van der Waals surface area contributed by atoms with Crippen molar-refractivity contribution in [2.45, 2.75) is 6.54 Å². The van der Waals surface area contributed by atoms with Crippen molar-refractivity contribution in [2.75, 3.05) is 23.9 Å². The molecule has 4 aromatic rings. The smallest absolute Gasteiger partial charge is 0.411 e. The number of methoxy groups -OCH3 is 1. The van der Waals surface area contributed by atoms with Gasteiger partial charge >= 0.3 is 18.0 Å². The number of nitrogen functional groups attached to an aromatic ring is 2. The molecule has 39 heavy (non-hydrogen) atoms.